The number of hydrogen-bond acceptors (Lipinski definition) is 19. The van der Waals surface area contributed by atoms with Crippen LogP contribution in [0.25, 0.3) is 43.2 Å². The summed E-state index contributed by atoms with van der Waals surface area (Å²) in [6.07, 6.45) is 0.757. The molecular weight excluding hydrogens is 1150 g/mol. The summed E-state index contributed by atoms with van der Waals surface area (Å²) in [4.78, 5) is 39.5. The van der Waals surface area contributed by atoms with Crippen LogP contribution in [0.15, 0.2) is 85.3 Å². The molecule has 0 aliphatic carbocycles. The van der Waals surface area contributed by atoms with Gasteiger partial charge in [0.05, 0.1) is 54.2 Å². The molecule has 6 atom stereocenters. The van der Waals surface area contributed by atoms with Crippen LogP contribution in [-0.2, 0) is 46.2 Å². The molecule has 8 heterocycles. The van der Waals surface area contributed by atoms with Gasteiger partial charge in [-0.3, -0.25) is 4.90 Å². The third-order valence-corrected chi connectivity index (χ3v) is 17.3. The lowest BCUT2D eigenvalue weighted by Crippen LogP contribution is -2.49. The number of ether oxygens (including phenoxy) is 11. The van der Waals surface area contributed by atoms with Gasteiger partial charge in [-0.15, -0.1) is 11.3 Å². The van der Waals surface area contributed by atoms with Gasteiger partial charge in [0.2, 0.25) is 12.0 Å². The molecule has 3 saturated heterocycles. The highest BCUT2D eigenvalue weighted by Crippen LogP contribution is 2.53. The molecule has 4 aromatic carbocycles. The largest absolute Gasteiger partial charge is 0.491 e. The fourth-order valence-corrected chi connectivity index (χ4v) is 12.6. The smallest absolute Gasteiger partial charge is 0.348 e. The first-order valence-electron chi connectivity index (χ1n) is 28.5. The van der Waals surface area contributed by atoms with Crippen molar-refractivity contribution in [1.29, 1.82) is 0 Å². The molecule has 0 N–H and O–H groups in total. The number of aromatic nitrogens is 4. The van der Waals surface area contributed by atoms with E-state index in [1.54, 1.807) is 58.3 Å². The van der Waals surface area contributed by atoms with Crippen LogP contribution in [0.5, 0.6) is 28.9 Å². The van der Waals surface area contributed by atoms with Crippen LogP contribution in [-0.4, -0.2) is 171 Å². The summed E-state index contributed by atoms with van der Waals surface area (Å²) in [5.41, 5.74) is 4.42. The standard InChI is InChI=1S/C63H69Cl2FN6O12S/c1-36-50-37(2)54(65)57(53(36)64)82-45(30-72-22-20-71(6)21-23-72)32-78-44-16-17-46(40(28-44)29-47(62(73)84-63(3,4)5)83-60-52-51(50)58(85-61(52)69-35-68-60)38-8-12-41(66)13-9-38)79-31-42-18-19-67-59(70-42)39-10-14-43(15-11-39)76-26-24-75-25-27-77-49-34-81-55-48(74-7)33-80-56(49)55/h8-19,28,35,45,47-49,55-56H,20-27,29-34H2,1-7H3/t45-,47-,48-,49-,55-,56-/m1/s1. The lowest BCUT2D eigenvalue weighted by Gasteiger charge is -2.35. The van der Waals surface area contributed by atoms with Gasteiger partial charge in [0.15, 0.2) is 11.6 Å². The normalized spacial score (nSPS) is 21.0. The highest BCUT2D eigenvalue weighted by atomic mass is 35.5. The third-order valence-electron chi connectivity index (χ3n) is 15.3. The van der Waals surface area contributed by atoms with Crippen molar-refractivity contribution in [3.63, 3.8) is 0 Å². The molecular formula is C63H69Cl2FN6O12S. The van der Waals surface area contributed by atoms with Crippen molar-refractivity contribution < 1.29 is 61.3 Å². The first-order chi connectivity index (χ1) is 41.1. The minimum absolute atomic E-state index is 0.0415. The molecule has 4 bridgehead atoms. The fourth-order valence-electron chi connectivity index (χ4n) is 10.9. The number of thiophene rings is 1. The maximum Gasteiger partial charge on any atom is 0.348 e. The molecule has 85 heavy (non-hydrogen) atoms. The Bertz CT molecular complexity index is 3450. The second-order valence-corrected chi connectivity index (χ2v) is 24.2. The van der Waals surface area contributed by atoms with Crippen molar-refractivity contribution in [1.82, 2.24) is 29.7 Å². The third kappa shape index (κ3) is 14.1. The maximum absolute atomic E-state index is 14.7. The van der Waals surface area contributed by atoms with Gasteiger partial charge in [-0.1, -0.05) is 35.3 Å². The highest BCUT2D eigenvalue weighted by Gasteiger charge is 2.48. The Balaban J connectivity index is 0.861. The van der Waals surface area contributed by atoms with Crippen LogP contribution < -0.4 is 23.7 Å². The van der Waals surface area contributed by atoms with Crippen LogP contribution in [0.1, 0.15) is 43.2 Å². The Morgan fingerprint density at radius 2 is 1.52 bits per heavy atom. The van der Waals surface area contributed by atoms with E-state index in [1.165, 1.54) is 29.8 Å². The first-order valence-corrected chi connectivity index (χ1v) is 30.0. The van der Waals surface area contributed by atoms with Crippen molar-refractivity contribution in [3.8, 4) is 61.8 Å². The molecule has 0 spiro atoms. The van der Waals surface area contributed by atoms with Gasteiger partial charge in [-0.2, -0.15) is 0 Å². The number of carbonyl (C=O) groups is 1. The topological polar surface area (TPSA) is 177 Å². The first kappa shape index (κ1) is 60.4. The molecule has 450 valence electrons. The van der Waals surface area contributed by atoms with Crippen LogP contribution in [0.2, 0.25) is 10.0 Å². The Morgan fingerprint density at radius 1 is 0.800 bits per heavy atom. The van der Waals surface area contributed by atoms with Crippen LogP contribution in [0.4, 0.5) is 4.39 Å². The van der Waals surface area contributed by atoms with E-state index in [1.807, 2.05) is 50.2 Å². The number of halogens is 3. The number of esters is 1. The van der Waals surface area contributed by atoms with E-state index in [0.29, 0.717) is 134 Å². The zero-order chi connectivity index (χ0) is 59.4. The summed E-state index contributed by atoms with van der Waals surface area (Å²) in [7, 11) is 3.78. The predicted octanol–water partition coefficient (Wildman–Crippen LogP) is 10.4. The number of likely N-dealkylation sites (N-methyl/N-ethyl adjacent to an activating group) is 1. The van der Waals surface area contributed by atoms with Crippen molar-refractivity contribution in [2.45, 2.75) is 89.9 Å². The van der Waals surface area contributed by atoms with E-state index in [2.05, 4.69) is 21.8 Å². The molecule has 18 nitrogen and oxygen atoms in total. The van der Waals surface area contributed by atoms with Crippen LogP contribution in [0, 0.1) is 19.7 Å². The lowest BCUT2D eigenvalue weighted by atomic mass is 9.92. The molecule has 0 amide bonds. The number of nitrogens with zero attached hydrogens (tertiary/aromatic N) is 6. The van der Waals surface area contributed by atoms with E-state index in [0.717, 1.165) is 36.6 Å². The van der Waals surface area contributed by atoms with E-state index in [-0.39, 0.29) is 49.9 Å². The molecule has 0 unspecified atom stereocenters. The summed E-state index contributed by atoms with van der Waals surface area (Å²) in [6, 6.07) is 21.0. The molecule has 12 rings (SSSR count). The van der Waals surface area contributed by atoms with E-state index < -0.39 is 29.6 Å². The molecule has 3 aromatic heterocycles. The summed E-state index contributed by atoms with van der Waals surface area (Å²) in [6.45, 7) is 15.8. The summed E-state index contributed by atoms with van der Waals surface area (Å²) < 4.78 is 82.7. The number of benzene rings is 4. The molecule has 0 radical (unpaired) electrons. The second kappa shape index (κ2) is 26.8. The van der Waals surface area contributed by atoms with Crippen LogP contribution in [0.3, 0.4) is 0 Å². The zero-order valence-corrected chi connectivity index (χ0v) is 50.9. The van der Waals surface area contributed by atoms with Crippen molar-refractivity contribution in [2.75, 3.05) is 93.1 Å². The number of carbonyl (C=O) groups excluding carboxylic acids is 1. The molecule has 7 aromatic rings. The number of methoxy groups -OCH3 is 1. The van der Waals surface area contributed by atoms with Gasteiger partial charge in [0, 0.05) is 74.0 Å². The molecule has 5 aliphatic heterocycles. The lowest BCUT2D eigenvalue weighted by molar-refractivity contribution is -0.163. The Labute approximate surface area is 507 Å². The maximum atomic E-state index is 14.7. The summed E-state index contributed by atoms with van der Waals surface area (Å²) >= 11 is 16.2. The second-order valence-electron chi connectivity index (χ2n) is 22.4. The van der Waals surface area contributed by atoms with Gasteiger partial charge < -0.3 is 57.0 Å². The highest BCUT2D eigenvalue weighted by molar-refractivity contribution is 7.22. The summed E-state index contributed by atoms with van der Waals surface area (Å²) in [5.74, 6) is 1.48. The van der Waals surface area contributed by atoms with Crippen LogP contribution >= 0.6 is 34.5 Å². The van der Waals surface area contributed by atoms with Gasteiger partial charge in [0.1, 0.15) is 90.2 Å². The number of fused-ring (bicyclic) bond motifs is 8. The van der Waals surface area contributed by atoms with Gasteiger partial charge in [0.25, 0.3) is 0 Å². The predicted molar refractivity (Wildman–Crippen MR) is 320 cm³/mol. The Morgan fingerprint density at radius 3 is 2.26 bits per heavy atom. The van der Waals surface area contributed by atoms with Crippen molar-refractivity contribution in [2.24, 2.45) is 0 Å². The average molecular weight is 1220 g/mol. The van der Waals surface area contributed by atoms with E-state index >= 15 is 0 Å². The van der Waals surface area contributed by atoms with Gasteiger partial charge in [-0.25, -0.2) is 29.1 Å². The molecule has 0 saturated carbocycles. The number of hydrogen-bond donors (Lipinski definition) is 0. The zero-order valence-electron chi connectivity index (χ0n) is 48.6. The monoisotopic (exact) mass is 1220 g/mol. The Hall–Kier alpha value is -6.30. The molecule has 3 fully saturated rings. The molecule has 5 aliphatic rings. The number of rotatable bonds is 17. The quantitative estimate of drug-likeness (QED) is 0.0621. The van der Waals surface area contributed by atoms with E-state index in [9.17, 15) is 9.18 Å². The Kier molecular flexibility index (Phi) is 19.0. The average Bonchev–Trinajstić information content (AvgIpc) is 2.59. The SMILES string of the molecule is CO[C@@H]1CO[C@H]2[C@@H]1OC[C@H]2OCCOCCOc1ccc(-c2nccc(COc3ccc4cc3C[C@H](C(=O)OC(C)(C)C)Oc3ncnc5sc(-c6ccc(F)cc6)c(c35)-c3c(C)c(Cl)c(c(Cl)c3C)O[C@H](CN3CCN(C)CC3)CO4)n2)cc1. The summed E-state index contributed by atoms with van der Waals surface area (Å²) in [5, 5.41) is 1.11. The minimum atomic E-state index is -1.29. The van der Waals surface area contributed by atoms with Gasteiger partial charge in [-0.05, 0) is 125 Å². The van der Waals surface area contributed by atoms with Gasteiger partial charge >= 0.3 is 5.97 Å². The van der Waals surface area contributed by atoms with E-state index in [4.69, 9.17) is 90.3 Å². The number of piperazine rings is 1. The molecule has 22 heteroatoms. The van der Waals surface area contributed by atoms with Crippen molar-refractivity contribution in [3.05, 3.63) is 124 Å². The minimum Gasteiger partial charge on any atom is -0.491 e. The van der Waals surface area contributed by atoms with Crippen molar-refractivity contribution >= 4 is 50.7 Å². The fraction of sp³-hybridized carbons (Fsp3) is 0.444.